The Kier molecular flexibility index (Phi) is 4.63. The molecule has 1 saturated heterocycles. The molecule has 6 heteroatoms. The summed E-state index contributed by atoms with van der Waals surface area (Å²) in [5, 5.41) is 6.09. The Morgan fingerprint density at radius 2 is 1.96 bits per heavy atom. The largest absolute Gasteiger partial charge is 0.497 e. The predicted octanol–water partition coefficient (Wildman–Crippen LogP) is 4.95. The second-order valence-electron chi connectivity index (χ2n) is 8.39. The van der Waals surface area contributed by atoms with Gasteiger partial charge in [-0.25, -0.2) is 4.68 Å². The summed E-state index contributed by atoms with van der Waals surface area (Å²) in [6.07, 6.45) is 8.15. The van der Waals surface area contributed by atoms with Crippen LogP contribution in [0.2, 0.25) is 0 Å². The molecule has 3 heterocycles. The Labute approximate surface area is 170 Å². The van der Waals surface area contributed by atoms with Gasteiger partial charge in [-0.05, 0) is 74.5 Å². The molecule has 28 heavy (non-hydrogen) atoms. The van der Waals surface area contributed by atoms with Crippen LogP contribution in [0.4, 0.5) is 0 Å². The number of fused-ring (bicyclic) bond motifs is 4. The summed E-state index contributed by atoms with van der Waals surface area (Å²) in [5.41, 5.74) is 3.20. The molecule has 5 nitrogen and oxygen atoms in total. The lowest BCUT2D eigenvalue weighted by molar-refractivity contribution is 0.0325. The molecule has 0 N–H and O–H groups in total. The standard InChI is InChI=1S/C22H28N4OS/c1-15-12-21-23-25(14-24-11-5-7-16-6-3-4-8-19(16)24)22(28)26(21)20-13-17(27-2)9-10-18(15)20/h9-10,12-13,16,19H,3-8,11,14H2,1-2H3/t16-,19-/m0/s1. The number of nitrogens with zero attached hydrogens (tertiary/aromatic N) is 4. The summed E-state index contributed by atoms with van der Waals surface area (Å²) < 4.78 is 10.4. The van der Waals surface area contributed by atoms with Crippen molar-refractivity contribution in [1.29, 1.82) is 0 Å². The normalized spacial score (nSPS) is 23.2. The molecule has 0 spiro atoms. The molecule has 1 aliphatic heterocycles. The van der Waals surface area contributed by atoms with Gasteiger partial charge in [0.05, 0.1) is 19.3 Å². The topological polar surface area (TPSA) is 34.7 Å². The van der Waals surface area contributed by atoms with Crippen LogP contribution in [0.3, 0.4) is 0 Å². The zero-order valence-corrected chi connectivity index (χ0v) is 17.5. The summed E-state index contributed by atoms with van der Waals surface area (Å²) in [6, 6.07) is 9.02. The number of likely N-dealkylation sites (tertiary alicyclic amines) is 1. The minimum Gasteiger partial charge on any atom is -0.497 e. The van der Waals surface area contributed by atoms with E-state index in [0.29, 0.717) is 6.04 Å². The summed E-state index contributed by atoms with van der Waals surface area (Å²) in [4.78, 5) is 2.63. The number of pyridine rings is 1. The average Bonchev–Trinajstić information content (AvgIpc) is 3.03. The molecular formula is C22H28N4OS. The van der Waals surface area contributed by atoms with E-state index in [9.17, 15) is 0 Å². The first-order valence-corrected chi connectivity index (χ1v) is 10.9. The van der Waals surface area contributed by atoms with Gasteiger partial charge < -0.3 is 4.74 Å². The van der Waals surface area contributed by atoms with E-state index in [0.717, 1.165) is 40.8 Å². The fourth-order valence-corrected chi connectivity index (χ4v) is 5.63. The van der Waals surface area contributed by atoms with Gasteiger partial charge in [0.1, 0.15) is 5.75 Å². The average molecular weight is 397 g/mol. The van der Waals surface area contributed by atoms with Crippen LogP contribution < -0.4 is 4.74 Å². The van der Waals surface area contributed by atoms with Crippen molar-refractivity contribution < 1.29 is 4.74 Å². The maximum atomic E-state index is 5.89. The van der Waals surface area contributed by atoms with Gasteiger partial charge in [0.25, 0.3) is 0 Å². The van der Waals surface area contributed by atoms with Crippen LogP contribution in [0.1, 0.15) is 44.1 Å². The highest BCUT2D eigenvalue weighted by atomic mass is 32.1. The molecule has 0 unspecified atom stereocenters. The molecule has 2 atom stereocenters. The van der Waals surface area contributed by atoms with Crippen molar-refractivity contribution in [2.24, 2.45) is 5.92 Å². The lowest BCUT2D eigenvalue weighted by atomic mass is 9.78. The van der Waals surface area contributed by atoms with E-state index in [4.69, 9.17) is 22.1 Å². The second-order valence-corrected chi connectivity index (χ2v) is 8.76. The first-order valence-electron chi connectivity index (χ1n) is 10.5. The number of benzene rings is 1. The van der Waals surface area contributed by atoms with Gasteiger partial charge in [0.2, 0.25) is 4.77 Å². The fraction of sp³-hybridized carbons (Fsp3) is 0.545. The highest BCUT2D eigenvalue weighted by Crippen LogP contribution is 2.35. The van der Waals surface area contributed by atoms with Crippen LogP contribution in [0, 0.1) is 17.6 Å². The van der Waals surface area contributed by atoms with Crippen molar-refractivity contribution in [3.8, 4) is 5.75 Å². The summed E-state index contributed by atoms with van der Waals surface area (Å²) in [7, 11) is 1.70. The zero-order valence-electron chi connectivity index (χ0n) is 16.7. The van der Waals surface area contributed by atoms with E-state index in [2.05, 4.69) is 34.4 Å². The molecule has 3 aromatic rings. The van der Waals surface area contributed by atoms with Crippen LogP contribution >= 0.6 is 12.2 Å². The third-order valence-electron chi connectivity index (χ3n) is 6.75. The van der Waals surface area contributed by atoms with E-state index in [1.54, 1.807) is 7.11 Å². The number of aromatic nitrogens is 3. The van der Waals surface area contributed by atoms with Crippen LogP contribution in [0.15, 0.2) is 24.3 Å². The Morgan fingerprint density at radius 3 is 2.82 bits per heavy atom. The van der Waals surface area contributed by atoms with Crippen LogP contribution in [0.25, 0.3) is 16.6 Å². The molecule has 1 saturated carbocycles. The quantitative estimate of drug-likeness (QED) is 0.587. The summed E-state index contributed by atoms with van der Waals surface area (Å²) in [6.45, 7) is 4.09. The molecule has 148 valence electrons. The van der Waals surface area contributed by atoms with Crippen molar-refractivity contribution >= 4 is 28.8 Å². The third-order valence-corrected chi connectivity index (χ3v) is 7.15. The highest BCUT2D eigenvalue weighted by Gasteiger charge is 2.33. The summed E-state index contributed by atoms with van der Waals surface area (Å²) in [5.74, 6) is 1.70. The summed E-state index contributed by atoms with van der Waals surface area (Å²) >= 11 is 5.89. The molecule has 2 aromatic heterocycles. The molecule has 1 aromatic carbocycles. The first-order chi connectivity index (χ1) is 13.7. The van der Waals surface area contributed by atoms with E-state index >= 15 is 0 Å². The Balaban J connectivity index is 1.58. The molecule has 0 bridgehead atoms. The maximum Gasteiger partial charge on any atom is 0.204 e. The van der Waals surface area contributed by atoms with Gasteiger partial charge in [-0.2, -0.15) is 5.10 Å². The van der Waals surface area contributed by atoms with Gasteiger partial charge in [-0.1, -0.05) is 12.8 Å². The van der Waals surface area contributed by atoms with Crippen molar-refractivity contribution in [2.75, 3.05) is 13.7 Å². The molecular weight excluding hydrogens is 368 g/mol. The SMILES string of the molecule is COc1ccc2c(C)cc3nn(CN4CCC[C@@H]5CCCC[C@@H]54)c(=S)n3c2c1. The van der Waals surface area contributed by atoms with Gasteiger partial charge in [0.15, 0.2) is 5.65 Å². The zero-order chi connectivity index (χ0) is 19.3. The molecule has 2 fully saturated rings. The Bertz CT molecular complexity index is 1080. The van der Waals surface area contributed by atoms with Crippen LogP contribution in [-0.2, 0) is 6.67 Å². The Morgan fingerprint density at radius 1 is 1.14 bits per heavy atom. The predicted molar refractivity (Wildman–Crippen MR) is 114 cm³/mol. The van der Waals surface area contributed by atoms with Crippen LogP contribution in [-0.4, -0.2) is 38.8 Å². The monoisotopic (exact) mass is 396 g/mol. The molecule has 1 aliphatic carbocycles. The van der Waals surface area contributed by atoms with Crippen molar-refractivity contribution in [3.63, 3.8) is 0 Å². The number of ether oxygens (including phenoxy) is 1. The number of hydrogen-bond donors (Lipinski definition) is 0. The first kappa shape index (κ1) is 18.1. The van der Waals surface area contributed by atoms with E-state index in [1.807, 2.05) is 10.7 Å². The smallest absolute Gasteiger partial charge is 0.204 e. The van der Waals surface area contributed by atoms with Crippen molar-refractivity contribution in [3.05, 3.63) is 34.6 Å². The minimum absolute atomic E-state index is 0.702. The van der Waals surface area contributed by atoms with E-state index in [-0.39, 0.29) is 0 Å². The van der Waals surface area contributed by atoms with Gasteiger partial charge in [0, 0.05) is 24.0 Å². The van der Waals surface area contributed by atoms with Gasteiger partial charge >= 0.3 is 0 Å². The lowest BCUT2D eigenvalue weighted by Crippen LogP contribution is -2.47. The highest BCUT2D eigenvalue weighted by molar-refractivity contribution is 7.71. The fourth-order valence-electron chi connectivity index (χ4n) is 5.34. The third kappa shape index (κ3) is 2.94. The Hall–Kier alpha value is -1.92. The van der Waals surface area contributed by atoms with Crippen molar-refractivity contribution in [1.82, 2.24) is 19.1 Å². The minimum atomic E-state index is 0.702. The second kappa shape index (κ2) is 7.16. The van der Waals surface area contributed by atoms with Crippen molar-refractivity contribution in [2.45, 2.75) is 58.2 Å². The molecule has 2 aliphatic rings. The van der Waals surface area contributed by atoms with Gasteiger partial charge in [-0.3, -0.25) is 9.30 Å². The molecule has 5 rings (SSSR count). The molecule has 0 amide bonds. The molecule has 0 radical (unpaired) electrons. The van der Waals surface area contributed by atoms with Crippen LogP contribution in [0.5, 0.6) is 5.75 Å². The number of aryl methyl sites for hydroxylation is 1. The van der Waals surface area contributed by atoms with E-state index < -0.39 is 0 Å². The number of methoxy groups -OCH3 is 1. The van der Waals surface area contributed by atoms with Gasteiger partial charge in [-0.15, -0.1) is 0 Å². The number of hydrogen-bond acceptors (Lipinski definition) is 4. The number of piperidine rings is 1. The lowest BCUT2D eigenvalue weighted by Gasteiger charge is -2.43. The maximum absolute atomic E-state index is 5.89. The van der Waals surface area contributed by atoms with E-state index in [1.165, 1.54) is 49.5 Å². The number of rotatable bonds is 3.